The second-order valence-electron chi connectivity index (χ2n) is 4.78. The Bertz CT molecular complexity index is 592. The van der Waals surface area contributed by atoms with Gasteiger partial charge in [0.1, 0.15) is 5.03 Å². The van der Waals surface area contributed by atoms with Crippen LogP contribution in [0, 0.1) is 13.8 Å². The molecule has 0 unspecified atom stereocenters. The lowest BCUT2D eigenvalue weighted by molar-refractivity contribution is -0.120. The van der Waals surface area contributed by atoms with Gasteiger partial charge in [-0.25, -0.2) is 0 Å². The number of amides is 1. The van der Waals surface area contributed by atoms with Crippen LogP contribution in [0.2, 0.25) is 0 Å². The van der Waals surface area contributed by atoms with Gasteiger partial charge in [0.2, 0.25) is 5.91 Å². The average Bonchev–Trinajstić information content (AvgIpc) is 3.03. The van der Waals surface area contributed by atoms with Crippen molar-refractivity contribution in [2.24, 2.45) is 7.05 Å². The minimum atomic E-state index is 0.0680. The van der Waals surface area contributed by atoms with Gasteiger partial charge in [0.25, 0.3) is 0 Å². The molecule has 0 radical (unpaired) electrons. The molecule has 8 heteroatoms. The van der Waals surface area contributed by atoms with Gasteiger partial charge in [-0.15, -0.1) is 16.9 Å². The number of thioether (sulfide) groups is 1. The average molecular weight is 308 g/mol. The molecule has 0 spiro atoms. The van der Waals surface area contributed by atoms with E-state index in [4.69, 9.17) is 0 Å². The van der Waals surface area contributed by atoms with E-state index >= 15 is 0 Å². The fraction of sp³-hybridized carbons (Fsp3) is 0.538. The van der Waals surface area contributed by atoms with Gasteiger partial charge < -0.3 is 5.32 Å². The third-order valence-electron chi connectivity index (χ3n) is 3.33. The number of aromatic nitrogens is 5. The third kappa shape index (κ3) is 4.32. The molecule has 114 valence electrons. The number of hydrogen-bond acceptors (Lipinski definition) is 5. The smallest absolute Gasteiger partial charge is 0.220 e. The lowest BCUT2D eigenvalue weighted by atomic mass is 10.1. The Balaban J connectivity index is 1.67. The topological polar surface area (TPSA) is 88.5 Å². The monoisotopic (exact) mass is 308 g/mol. The molecule has 2 heterocycles. The molecule has 0 saturated heterocycles. The molecule has 2 rings (SSSR count). The van der Waals surface area contributed by atoms with E-state index in [1.54, 1.807) is 18.0 Å². The second kappa shape index (κ2) is 7.26. The van der Waals surface area contributed by atoms with Crippen LogP contribution in [-0.4, -0.2) is 43.4 Å². The summed E-state index contributed by atoms with van der Waals surface area (Å²) in [5, 5.41) is 18.3. The first-order valence-corrected chi connectivity index (χ1v) is 7.81. The summed E-state index contributed by atoms with van der Waals surface area (Å²) in [5.74, 6) is 0.849. The number of rotatable bonds is 7. The van der Waals surface area contributed by atoms with Crippen molar-refractivity contribution in [3.8, 4) is 0 Å². The number of hydrogen-bond donors (Lipinski definition) is 2. The summed E-state index contributed by atoms with van der Waals surface area (Å²) in [6.45, 7) is 4.64. The van der Waals surface area contributed by atoms with Crippen molar-refractivity contribution in [2.75, 3.05) is 12.3 Å². The van der Waals surface area contributed by atoms with Gasteiger partial charge in [-0.1, -0.05) is 0 Å². The Kier molecular flexibility index (Phi) is 5.38. The van der Waals surface area contributed by atoms with E-state index in [2.05, 4.69) is 25.8 Å². The van der Waals surface area contributed by atoms with E-state index in [1.165, 1.54) is 5.56 Å². The second-order valence-corrected chi connectivity index (χ2v) is 5.89. The Morgan fingerprint density at radius 1 is 1.48 bits per heavy atom. The highest BCUT2D eigenvalue weighted by Gasteiger charge is 2.11. The van der Waals surface area contributed by atoms with Gasteiger partial charge in [0, 0.05) is 31.5 Å². The molecule has 7 nitrogen and oxygen atoms in total. The van der Waals surface area contributed by atoms with Crippen LogP contribution in [-0.2, 0) is 18.3 Å². The van der Waals surface area contributed by atoms with E-state index in [-0.39, 0.29) is 5.91 Å². The first-order chi connectivity index (χ1) is 10.1. The standard InChI is InChI=1S/C13H20N6OS/c1-9-11(10(2)19(3)17-9)4-5-12(20)14-6-7-21-13-8-15-18-16-13/h8H,4-7H2,1-3H3,(H,14,20)(H,15,16,18). The minimum absolute atomic E-state index is 0.0680. The molecule has 2 N–H and O–H groups in total. The quantitative estimate of drug-likeness (QED) is 0.588. The largest absolute Gasteiger partial charge is 0.355 e. The molecule has 0 aliphatic rings. The molecular formula is C13H20N6OS. The van der Waals surface area contributed by atoms with Gasteiger partial charge in [-0.3, -0.25) is 9.48 Å². The maximum Gasteiger partial charge on any atom is 0.220 e. The zero-order chi connectivity index (χ0) is 15.2. The number of H-pyrrole nitrogens is 1. The number of aryl methyl sites for hydroxylation is 2. The van der Waals surface area contributed by atoms with Crippen molar-refractivity contribution in [3.63, 3.8) is 0 Å². The first kappa shape index (κ1) is 15.6. The zero-order valence-corrected chi connectivity index (χ0v) is 13.3. The lowest BCUT2D eigenvalue weighted by Gasteiger charge is -2.05. The van der Waals surface area contributed by atoms with Crippen molar-refractivity contribution in [1.82, 2.24) is 30.5 Å². The number of carbonyl (C=O) groups excluding carboxylic acids is 1. The van der Waals surface area contributed by atoms with Gasteiger partial charge >= 0.3 is 0 Å². The summed E-state index contributed by atoms with van der Waals surface area (Å²) in [5.41, 5.74) is 3.30. The molecule has 0 saturated carbocycles. The summed E-state index contributed by atoms with van der Waals surface area (Å²) in [7, 11) is 1.92. The highest BCUT2D eigenvalue weighted by Crippen LogP contribution is 2.14. The normalized spacial score (nSPS) is 10.8. The molecule has 2 aromatic rings. The van der Waals surface area contributed by atoms with Crippen molar-refractivity contribution < 1.29 is 4.79 Å². The molecule has 0 fully saturated rings. The molecular weight excluding hydrogens is 288 g/mol. The van der Waals surface area contributed by atoms with E-state index in [0.717, 1.165) is 28.6 Å². The fourth-order valence-electron chi connectivity index (χ4n) is 2.11. The van der Waals surface area contributed by atoms with E-state index in [0.29, 0.717) is 13.0 Å². The third-order valence-corrected chi connectivity index (χ3v) is 4.23. The summed E-state index contributed by atoms with van der Waals surface area (Å²) in [6.07, 6.45) is 2.89. The highest BCUT2D eigenvalue weighted by atomic mass is 32.2. The van der Waals surface area contributed by atoms with Crippen LogP contribution in [0.4, 0.5) is 0 Å². The molecule has 1 amide bonds. The number of nitrogens with zero attached hydrogens (tertiary/aromatic N) is 4. The van der Waals surface area contributed by atoms with Gasteiger partial charge in [0.15, 0.2) is 0 Å². The van der Waals surface area contributed by atoms with Crippen molar-refractivity contribution in [2.45, 2.75) is 31.7 Å². The fourth-order valence-corrected chi connectivity index (χ4v) is 2.76. The maximum absolute atomic E-state index is 11.8. The first-order valence-electron chi connectivity index (χ1n) is 6.82. The maximum atomic E-state index is 11.8. The van der Waals surface area contributed by atoms with Crippen LogP contribution < -0.4 is 5.32 Å². The summed E-state index contributed by atoms with van der Waals surface area (Å²) < 4.78 is 1.86. The van der Waals surface area contributed by atoms with E-state index < -0.39 is 0 Å². The Hall–Kier alpha value is -1.83. The molecule has 21 heavy (non-hydrogen) atoms. The molecule has 0 atom stereocenters. The van der Waals surface area contributed by atoms with Gasteiger partial charge in [-0.05, 0) is 25.8 Å². The summed E-state index contributed by atoms with van der Waals surface area (Å²) >= 11 is 1.56. The summed E-state index contributed by atoms with van der Waals surface area (Å²) in [4.78, 5) is 11.8. The number of aromatic amines is 1. The molecule has 0 aliphatic carbocycles. The Labute approximate surface area is 127 Å². The van der Waals surface area contributed by atoms with Crippen molar-refractivity contribution in [3.05, 3.63) is 23.1 Å². The molecule has 0 aliphatic heterocycles. The van der Waals surface area contributed by atoms with Crippen LogP contribution in [0.1, 0.15) is 23.4 Å². The highest BCUT2D eigenvalue weighted by molar-refractivity contribution is 7.99. The molecule has 0 bridgehead atoms. The zero-order valence-electron chi connectivity index (χ0n) is 12.5. The van der Waals surface area contributed by atoms with Crippen LogP contribution in [0.5, 0.6) is 0 Å². The number of nitrogens with one attached hydrogen (secondary N) is 2. The van der Waals surface area contributed by atoms with Crippen molar-refractivity contribution >= 4 is 17.7 Å². The molecule has 2 aromatic heterocycles. The van der Waals surface area contributed by atoms with Gasteiger partial charge in [0.05, 0.1) is 11.9 Å². The predicted molar refractivity (Wildman–Crippen MR) is 81.1 cm³/mol. The summed E-state index contributed by atoms with van der Waals surface area (Å²) in [6, 6.07) is 0. The SMILES string of the molecule is Cc1nn(C)c(C)c1CCC(=O)NCCSc1cn[nH]n1. The molecule has 0 aromatic carbocycles. The Morgan fingerprint density at radius 2 is 2.29 bits per heavy atom. The minimum Gasteiger partial charge on any atom is -0.355 e. The van der Waals surface area contributed by atoms with E-state index in [9.17, 15) is 4.79 Å². The number of carbonyl (C=O) groups is 1. The predicted octanol–water partition coefficient (Wildman–Crippen LogP) is 0.996. The van der Waals surface area contributed by atoms with Crippen LogP contribution in [0.15, 0.2) is 11.2 Å². The van der Waals surface area contributed by atoms with Crippen LogP contribution in [0.25, 0.3) is 0 Å². The van der Waals surface area contributed by atoms with Crippen LogP contribution in [0.3, 0.4) is 0 Å². The van der Waals surface area contributed by atoms with Crippen LogP contribution >= 0.6 is 11.8 Å². The lowest BCUT2D eigenvalue weighted by Crippen LogP contribution is -2.26. The van der Waals surface area contributed by atoms with E-state index in [1.807, 2.05) is 25.6 Å². The van der Waals surface area contributed by atoms with Crippen molar-refractivity contribution in [1.29, 1.82) is 0 Å². The Morgan fingerprint density at radius 3 is 2.90 bits per heavy atom. The van der Waals surface area contributed by atoms with Gasteiger partial charge in [-0.2, -0.15) is 15.4 Å².